The van der Waals surface area contributed by atoms with Crippen LogP contribution < -0.4 is 11.1 Å². The van der Waals surface area contributed by atoms with Crippen molar-refractivity contribution in [2.45, 2.75) is 27.3 Å². The zero-order chi connectivity index (χ0) is 14.9. The zero-order valence-electron chi connectivity index (χ0n) is 11.6. The fourth-order valence-corrected chi connectivity index (χ4v) is 1.90. The second-order valence-electron chi connectivity index (χ2n) is 4.39. The third-order valence-corrected chi connectivity index (χ3v) is 2.85. The third kappa shape index (κ3) is 2.56. The van der Waals surface area contributed by atoms with Crippen LogP contribution in [0.5, 0.6) is 0 Å². The summed E-state index contributed by atoms with van der Waals surface area (Å²) in [5.74, 6) is 0.112. The van der Waals surface area contributed by atoms with Gasteiger partial charge in [-0.1, -0.05) is 0 Å². The minimum atomic E-state index is -0.687. The van der Waals surface area contributed by atoms with Gasteiger partial charge in [0.25, 0.3) is 11.8 Å². The maximum atomic E-state index is 12.2. The van der Waals surface area contributed by atoms with E-state index in [1.165, 1.54) is 4.68 Å². The standard InChI is InChI=1S/C13H16N4O3/c1-4-17-6-10(11(16-17)12(14)18)15-13(19)9-5-7(2)20-8(9)3/h5-6H,4H2,1-3H3,(H2,14,18)(H,15,19). The molecule has 0 aliphatic heterocycles. The first-order valence-corrected chi connectivity index (χ1v) is 6.18. The minimum Gasteiger partial charge on any atom is -0.466 e. The number of primary amides is 1. The van der Waals surface area contributed by atoms with E-state index >= 15 is 0 Å². The van der Waals surface area contributed by atoms with Crippen molar-refractivity contribution in [2.75, 3.05) is 5.32 Å². The first-order chi connectivity index (χ1) is 9.42. The molecule has 0 radical (unpaired) electrons. The zero-order valence-corrected chi connectivity index (χ0v) is 11.6. The predicted molar refractivity (Wildman–Crippen MR) is 72.6 cm³/mol. The molecule has 2 rings (SSSR count). The number of amides is 2. The molecule has 7 heteroatoms. The summed E-state index contributed by atoms with van der Waals surface area (Å²) in [5, 5.41) is 6.64. The number of rotatable bonds is 4. The summed E-state index contributed by atoms with van der Waals surface area (Å²) in [4.78, 5) is 23.5. The van der Waals surface area contributed by atoms with E-state index in [2.05, 4.69) is 10.4 Å². The van der Waals surface area contributed by atoms with Crippen molar-refractivity contribution in [1.29, 1.82) is 0 Å². The summed E-state index contributed by atoms with van der Waals surface area (Å²) in [6.07, 6.45) is 1.57. The summed E-state index contributed by atoms with van der Waals surface area (Å²) in [6, 6.07) is 1.64. The second kappa shape index (κ2) is 5.20. The molecular weight excluding hydrogens is 260 g/mol. The Morgan fingerprint density at radius 3 is 2.65 bits per heavy atom. The van der Waals surface area contributed by atoms with Gasteiger partial charge in [-0.25, -0.2) is 0 Å². The molecule has 0 bridgehead atoms. The number of nitrogens with zero attached hydrogens (tertiary/aromatic N) is 2. The van der Waals surface area contributed by atoms with Crippen LogP contribution in [0.3, 0.4) is 0 Å². The minimum absolute atomic E-state index is 0.0399. The van der Waals surface area contributed by atoms with Crippen molar-refractivity contribution in [2.24, 2.45) is 5.73 Å². The lowest BCUT2D eigenvalue weighted by atomic mass is 10.2. The Morgan fingerprint density at radius 2 is 2.15 bits per heavy atom. The maximum absolute atomic E-state index is 12.2. The van der Waals surface area contributed by atoms with E-state index in [1.54, 1.807) is 26.1 Å². The number of nitrogens with one attached hydrogen (secondary N) is 1. The SMILES string of the molecule is CCn1cc(NC(=O)c2cc(C)oc2C)c(C(N)=O)n1. The van der Waals surface area contributed by atoms with Crippen LogP contribution in [-0.2, 0) is 6.54 Å². The van der Waals surface area contributed by atoms with Crippen molar-refractivity contribution in [3.05, 3.63) is 35.0 Å². The lowest BCUT2D eigenvalue weighted by Gasteiger charge is -2.02. The number of furan rings is 1. The summed E-state index contributed by atoms with van der Waals surface area (Å²) in [7, 11) is 0. The van der Waals surface area contributed by atoms with Crippen LogP contribution in [0.4, 0.5) is 5.69 Å². The molecule has 0 aromatic carbocycles. The number of anilines is 1. The molecule has 0 unspecified atom stereocenters. The van der Waals surface area contributed by atoms with E-state index in [4.69, 9.17) is 10.2 Å². The number of hydrogen-bond donors (Lipinski definition) is 2. The van der Waals surface area contributed by atoms with Gasteiger partial charge in [-0.3, -0.25) is 14.3 Å². The van der Waals surface area contributed by atoms with E-state index in [0.29, 0.717) is 29.3 Å². The van der Waals surface area contributed by atoms with Crippen molar-refractivity contribution >= 4 is 17.5 Å². The molecule has 2 aromatic heterocycles. The van der Waals surface area contributed by atoms with Crippen LogP contribution in [0.25, 0.3) is 0 Å². The van der Waals surface area contributed by atoms with Gasteiger partial charge < -0.3 is 15.5 Å². The summed E-state index contributed by atoms with van der Waals surface area (Å²) >= 11 is 0. The Bertz CT molecular complexity index is 669. The van der Waals surface area contributed by atoms with Gasteiger partial charge in [0.1, 0.15) is 11.5 Å². The molecule has 0 aliphatic carbocycles. The van der Waals surface area contributed by atoms with Crippen LogP contribution in [0, 0.1) is 13.8 Å². The van der Waals surface area contributed by atoms with Gasteiger partial charge in [0.05, 0.1) is 11.3 Å². The molecule has 2 heterocycles. The van der Waals surface area contributed by atoms with Gasteiger partial charge >= 0.3 is 0 Å². The average Bonchev–Trinajstić information content (AvgIpc) is 2.92. The largest absolute Gasteiger partial charge is 0.466 e. The van der Waals surface area contributed by atoms with Gasteiger partial charge in [0, 0.05) is 12.7 Å². The van der Waals surface area contributed by atoms with E-state index in [-0.39, 0.29) is 11.6 Å². The fraction of sp³-hybridized carbons (Fsp3) is 0.308. The molecular formula is C13H16N4O3. The molecule has 2 amide bonds. The Hall–Kier alpha value is -2.57. The molecule has 0 saturated carbocycles. The first-order valence-electron chi connectivity index (χ1n) is 6.18. The molecule has 0 aliphatic rings. The number of hydrogen-bond acceptors (Lipinski definition) is 4. The van der Waals surface area contributed by atoms with E-state index in [0.717, 1.165) is 0 Å². The van der Waals surface area contributed by atoms with E-state index < -0.39 is 5.91 Å². The third-order valence-electron chi connectivity index (χ3n) is 2.85. The Balaban J connectivity index is 2.30. The molecule has 106 valence electrons. The molecule has 0 spiro atoms. The smallest absolute Gasteiger partial charge is 0.271 e. The number of nitrogens with two attached hydrogens (primary N) is 1. The van der Waals surface area contributed by atoms with E-state index in [9.17, 15) is 9.59 Å². The van der Waals surface area contributed by atoms with Gasteiger partial charge in [0.2, 0.25) is 0 Å². The highest BCUT2D eigenvalue weighted by Crippen LogP contribution is 2.18. The Kier molecular flexibility index (Phi) is 3.60. The Labute approximate surface area is 115 Å². The lowest BCUT2D eigenvalue weighted by molar-refractivity contribution is 0.0995. The molecule has 7 nitrogen and oxygen atoms in total. The van der Waals surface area contributed by atoms with Crippen LogP contribution in [-0.4, -0.2) is 21.6 Å². The van der Waals surface area contributed by atoms with Gasteiger partial charge in [-0.2, -0.15) is 5.10 Å². The van der Waals surface area contributed by atoms with Crippen molar-refractivity contribution < 1.29 is 14.0 Å². The van der Waals surface area contributed by atoms with Gasteiger partial charge in [-0.15, -0.1) is 0 Å². The van der Waals surface area contributed by atoms with Crippen LogP contribution >= 0.6 is 0 Å². The van der Waals surface area contributed by atoms with Crippen molar-refractivity contribution in [1.82, 2.24) is 9.78 Å². The average molecular weight is 276 g/mol. The lowest BCUT2D eigenvalue weighted by Crippen LogP contribution is -2.18. The van der Waals surface area contributed by atoms with Crippen molar-refractivity contribution in [3.8, 4) is 0 Å². The quantitative estimate of drug-likeness (QED) is 0.882. The maximum Gasteiger partial charge on any atom is 0.271 e. The summed E-state index contributed by atoms with van der Waals surface area (Å²) in [6.45, 7) is 5.90. The number of aromatic nitrogens is 2. The fourth-order valence-electron chi connectivity index (χ4n) is 1.90. The Morgan fingerprint density at radius 1 is 1.45 bits per heavy atom. The monoisotopic (exact) mass is 276 g/mol. The van der Waals surface area contributed by atoms with Gasteiger partial charge in [0.15, 0.2) is 5.69 Å². The molecule has 0 fully saturated rings. The molecule has 0 atom stereocenters. The number of carbonyl (C=O) groups excluding carboxylic acids is 2. The number of aryl methyl sites for hydroxylation is 3. The molecule has 3 N–H and O–H groups in total. The van der Waals surface area contributed by atoms with E-state index in [1.807, 2.05) is 6.92 Å². The first kappa shape index (κ1) is 13.9. The normalized spacial score (nSPS) is 10.6. The molecule has 0 saturated heterocycles. The second-order valence-corrected chi connectivity index (χ2v) is 4.39. The summed E-state index contributed by atoms with van der Waals surface area (Å²) < 4.78 is 6.84. The molecule has 2 aromatic rings. The summed E-state index contributed by atoms with van der Waals surface area (Å²) in [5.41, 5.74) is 6.00. The predicted octanol–water partition coefficient (Wildman–Crippen LogP) is 1.46. The van der Waals surface area contributed by atoms with Crippen LogP contribution in [0.1, 0.15) is 39.3 Å². The van der Waals surface area contributed by atoms with Crippen LogP contribution in [0.2, 0.25) is 0 Å². The number of carbonyl (C=O) groups is 2. The van der Waals surface area contributed by atoms with Gasteiger partial charge in [-0.05, 0) is 26.8 Å². The highest BCUT2D eigenvalue weighted by molar-refractivity contribution is 6.08. The van der Waals surface area contributed by atoms with Crippen molar-refractivity contribution in [3.63, 3.8) is 0 Å². The molecule has 20 heavy (non-hydrogen) atoms. The highest BCUT2D eigenvalue weighted by Gasteiger charge is 2.19. The highest BCUT2D eigenvalue weighted by atomic mass is 16.3. The van der Waals surface area contributed by atoms with Crippen LogP contribution in [0.15, 0.2) is 16.7 Å². The topological polar surface area (TPSA) is 103 Å².